The summed E-state index contributed by atoms with van der Waals surface area (Å²) >= 11 is 0. The Morgan fingerprint density at radius 3 is 2.71 bits per heavy atom. The molecule has 3 aliphatic rings. The smallest absolute Gasteiger partial charge is 0.325 e. The molecule has 0 saturated carbocycles. The molecule has 8 heteroatoms. The van der Waals surface area contributed by atoms with Gasteiger partial charge in [-0.2, -0.15) is 0 Å². The summed E-state index contributed by atoms with van der Waals surface area (Å²) in [4.78, 5) is 42.1. The first kappa shape index (κ1) is 22.3. The van der Waals surface area contributed by atoms with E-state index >= 15 is 0 Å². The van der Waals surface area contributed by atoms with Gasteiger partial charge in [-0.3, -0.25) is 14.5 Å². The maximum atomic E-state index is 13.4. The molecule has 2 aliphatic heterocycles. The molecule has 0 spiro atoms. The van der Waals surface area contributed by atoms with Crippen molar-refractivity contribution < 1.29 is 23.9 Å². The van der Waals surface area contributed by atoms with Gasteiger partial charge in [0.1, 0.15) is 12.1 Å². The molecule has 0 aromatic heterocycles. The largest absolute Gasteiger partial charge is 0.490 e. The fourth-order valence-electron chi connectivity index (χ4n) is 5.06. The van der Waals surface area contributed by atoms with E-state index in [0.29, 0.717) is 30.3 Å². The van der Waals surface area contributed by atoms with Gasteiger partial charge in [0.2, 0.25) is 5.91 Å². The van der Waals surface area contributed by atoms with E-state index in [1.54, 1.807) is 37.1 Å². The molecule has 178 valence electrons. The van der Waals surface area contributed by atoms with Crippen molar-refractivity contribution in [3.8, 4) is 11.5 Å². The van der Waals surface area contributed by atoms with Crippen LogP contribution in [0, 0.1) is 0 Å². The van der Waals surface area contributed by atoms with Gasteiger partial charge in [-0.05, 0) is 55.0 Å². The van der Waals surface area contributed by atoms with Gasteiger partial charge in [0.15, 0.2) is 11.5 Å². The van der Waals surface area contributed by atoms with Crippen LogP contribution in [0.1, 0.15) is 48.9 Å². The zero-order valence-electron chi connectivity index (χ0n) is 19.5. The molecular weight excluding hydrogens is 434 g/mol. The van der Waals surface area contributed by atoms with Crippen LogP contribution in [0.3, 0.4) is 0 Å². The summed E-state index contributed by atoms with van der Waals surface area (Å²) in [5, 5.41) is 2.78. The number of hydrogen-bond donors (Lipinski definition) is 1. The molecule has 1 aliphatic carbocycles. The number of ether oxygens (including phenoxy) is 2. The van der Waals surface area contributed by atoms with E-state index in [4.69, 9.17) is 9.47 Å². The van der Waals surface area contributed by atoms with Crippen molar-refractivity contribution in [1.29, 1.82) is 0 Å². The van der Waals surface area contributed by atoms with Crippen molar-refractivity contribution in [3.63, 3.8) is 0 Å². The SMILES string of the molecule is CN(C(=O)CN1C(=O)NC(C)(c2ccc3c(c2)OCCCO3)C1=O)C1CCCc2ccccc21. The van der Waals surface area contributed by atoms with Crippen LogP contribution in [-0.4, -0.2) is 54.5 Å². The highest BCUT2D eigenvalue weighted by molar-refractivity contribution is 6.09. The van der Waals surface area contributed by atoms with Gasteiger partial charge in [-0.15, -0.1) is 0 Å². The van der Waals surface area contributed by atoms with Crippen LogP contribution in [0.2, 0.25) is 0 Å². The monoisotopic (exact) mass is 463 g/mol. The minimum atomic E-state index is -1.29. The van der Waals surface area contributed by atoms with Gasteiger partial charge in [0, 0.05) is 13.5 Å². The maximum absolute atomic E-state index is 13.4. The Bertz CT molecular complexity index is 1150. The number of benzene rings is 2. The van der Waals surface area contributed by atoms with Gasteiger partial charge in [0.05, 0.1) is 19.3 Å². The summed E-state index contributed by atoms with van der Waals surface area (Å²) in [6.45, 7) is 2.43. The van der Waals surface area contributed by atoms with Crippen molar-refractivity contribution in [2.45, 2.75) is 44.2 Å². The predicted molar refractivity (Wildman–Crippen MR) is 125 cm³/mol. The lowest BCUT2D eigenvalue weighted by molar-refractivity contribution is -0.139. The third kappa shape index (κ3) is 3.77. The molecule has 1 fully saturated rings. The summed E-state index contributed by atoms with van der Waals surface area (Å²) in [5.41, 5.74) is 1.67. The minimum Gasteiger partial charge on any atom is -0.490 e. The number of nitrogens with zero attached hydrogens (tertiary/aromatic N) is 2. The predicted octanol–water partition coefficient (Wildman–Crippen LogP) is 3.15. The average Bonchev–Trinajstić information content (AvgIpc) is 3.01. The number of fused-ring (bicyclic) bond motifs is 2. The second-order valence-electron chi connectivity index (χ2n) is 9.27. The standard InChI is InChI=1S/C26H29N3O5/c1-26(18-11-12-21-22(15-18)34-14-6-13-33-21)24(31)29(25(32)27-26)16-23(30)28(2)20-10-5-8-17-7-3-4-9-19(17)20/h3-4,7,9,11-12,15,20H,5-6,8,10,13-14,16H2,1-2H3,(H,27,32). The highest BCUT2D eigenvalue weighted by Gasteiger charge is 2.50. The van der Waals surface area contributed by atoms with E-state index in [9.17, 15) is 14.4 Å². The van der Waals surface area contributed by atoms with Crippen molar-refractivity contribution >= 4 is 17.8 Å². The number of likely N-dealkylation sites (N-methyl/N-ethyl adjacent to an activating group) is 1. The highest BCUT2D eigenvalue weighted by atomic mass is 16.5. The van der Waals surface area contributed by atoms with Crippen LogP contribution >= 0.6 is 0 Å². The number of amides is 4. The second kappa shape index (κ2) is 8.66. The number of hydrogen-bond acceptors (Lipinski definition) is 5. The first-order valence-electron chi connectivity index (χ1n) is 11.8. The first-order valence-corrected chi connectivity index (χ1v) is 11.8. The highest BCUT2D eigenvalue weighted by Crippen LogP contribution is 2.37. The lowest BCUT2D eigenvalue weighted by atomic mass is 9.87. The molecule has 0 bridgehead atoms. The molecule has 5 rings (SSSR count). The molecular formula is C26H29N3O5. The van der Waals surface area contributed by atoms with E-state index in [2.05, 4.69) is 17.4 Å². The molecule has 4 amide bonds. The zero-order chi connectivity index (χ0) is 23.9. The second-order valence-corrected chi connectivity index (χ2v) is 9.27. The number of aryl methyl sites for hydroxylation is 1. The minimum absolute atomic E-state index is 0.0636. The Labute approximate surface area is 198 Å². The lowest BCUT2D eigenvalue weighted by Gasteiger charge is -2.34. The van der Waals surface area contributed by atoms with E-state index in [1.807, 2.05) is 12.1 Å². The summed E-state index contributed by atoms with van der Waals surface area (Å²) in [7, 11) is 1.75. The molecule has 2 aromatic rings. The van der Waals surface area contributed by atoms with Crippen molar-refractivity contribution in [1.82, 2.24) is 15.1 Å². The Morgan fingerprint density at radius 2 is 1.88 bits per heavy atom. The average molecular weight is 464 g/mol. The van der Waals surface area contributed by atoms with Crippen LogP contribution in [-0.2, 0) is 21.5 Å². The summed E-state index contributed by atoms with van der Waals surface area (Å²) in [5.74, 6) is 0.428. The van der Waals surface area contributed by atoms with E-state index in [1.165, 1.54) is 5.56 Å². The van der Waals surface area contributed by atoms with E-state index < -0.39 is 17.5 Å². The van der Waals surface area contributed by atoms with Gasteiger partial charge < -0.3 is 19.7 Å². The Morgan fingerprint density at radius 1 is 1.12 bits per heavy atom. The molecule has 1 saturated heterocycles. The third-order valence-electron chi connectivity index (χ3n) is 7.09. The number of carbonyl (C=O) groups is 3. The van der Waals surface area contributed by atoms with Gasteiger partial charge >= 0.3 is 6.03 Å². The quantitative estimate of drug-likeness (QED) is 0.704. The molecule has 2 unspecified atom stereocenters. The fraction of sp³-hybridized carbons (Fsp3) is 0.423. The van der Waals surface area contributed by atoms with Crippen LogP contribution in [0.25, 0.3) is 0 Å². The van der Waals surface area contributed by atoms with Crippen LogP contribution in [0.15, 0.2) is 42.5 Å². The molecule has 8 nitrogen and oxygen atoms in total. The van der Waals surface area contributed by atoms with Crippen LogP contribution in [0.5, 0.6) is 11.5 Å². The number of rotatable bonds is 4. The molecule has 1 N–H and O–H groups in total. The van der Waals surface area contributed by atoms with Gasteiger partial charge in [0.25, 0.3) is 5.91 Å². The fourth-order valence-corrected chi connectivity index (χ4v) is 5.06. The Hall–Kier alpha value is -3.55. The van der Waals surface area contributed by atoms with E-state index in [-0.39, 0.29) is 18.5 Å². The van der Waals surface area contributed by atoms with E-state index in [0.717, 1.165) is 36.1 Å². The summed E-state index contributed by atoms with van der Waals surface area (Å²) < 4.78 is 11.4. The van der Waals surface area contributed by atoms with Gasteiger partial charge in [-0.25, -0.2) is 4.79 Å². The molecule has 0 radical (unpaired) electrons. The topological polar surface area (TPSA) is 88.2 Å². The Balaban J connectivity index is 1.34. The molecule has 2 aromatic carbocycles. The Kier molecular flexibility index (Phi) is 5.67. The zero-order valence-corrected chi connectivity index (χ0v) is 19.5. The number of urea groups is 1. The lowest BCUT2D eigenvalue weighted by Crippen LogP contribution is -2.44. The molecule has 34 heavy (non-hydrogen) atoms. The molecule has 2 atom stereocenters. The maximum Gasteiger partial charge on any atom is 0.325 e. The van der Waals surface area contributed by atoms with Crippen LogP contribution < -0.4 is 14.8 Å². The summed E-state index contributed by atoms with van der Waals surface area (Å²) in [6.07, 6.45) is 3.61. The third-order valence-corrected chi connectivity index (χ3v) is 7.09. The molecule has 2 heterocycles. The number of imide groups is 1. The van der Waals surface area contributed by atoms with Gasteiger partial charge in [-0.1, -0.05) is 30.3 Å². The van der Waals surface area contributed by atoms with Crippen LogP contribution in [0.4, 0.5) is 4.79 Å². The van der Waals surface area contributed by atoms with Crippen molar-refractivity contribution in [2.24, 2.45) is 0 Å². The number of nitrogens with one attached hydrogen (secondary N) is 1. The van der Waals surface area contributed by atoms with Crippen molar-refractivity contribution in [2.75, 3.05) is 26.8 Å². The summed E-state index contributed by atoms with van der Waals surface area (Å²) in [6, 6.07) is 12.7. The first-order chi connectivity index (χ1) is 16.4. The normalized spacial score (nSPS) is 23.7. The number of carbonyl (C=O) groups excluding carboxylic acids is 3. The van der Waals surface area contributed by atoms with Crippen molar-refractivity contribution in [3.05, 3.63) is 59.2 Å².